The van der Waals surface area contributed by atoms with Crippen LogP contribution >= 0.6 is 0 Å². The Morgan fingerprint density at radius 1 is 1.35 bits per heavy atom. The SMILES string of the molecule is CC(C)n1ccc2ccnc(OCC3CCNCC3)c21. The highest BCUT2D eigenvalue weighted by molar-refractivity contribution is 5.84. The quantitative estimate of drug-likeness (QED) is 0.930. The third-order valence-corrected chi connectivity index (χ3v) is 4.07. The van der Waals surface area contributed by atoms with Gasteiger partial charge in [-0.05, 0) is 57.8 Å². The van der Waals surface area contributed by atoms with Gasteiger partial charge in [0.1, 0.15) is 5.52 Å². The molecule has 0 amide bonds. The topological polar surface area (TPSA) is 39.1 Å². The summed E-state index contributed by atoms with van der Waals surface area (Å²) < 4.78 is 8.28. The van der Waals surface area contributed by atoms with Crippen molar-refractivity contribution < 1.29 is 4.74 Å². The number of piperidine rings is 1. The third kappa shape index (κ3) is 2.66. The van der Waals surface area contributed by atoms with Crippen LogP contribution in [0.25, 0.3) is 10.9 Å². The number of rotatable bonds is 4. The van der Waals surface area contributed by atoms with E-state index in [2.05, 4.69) is 41.0 Å². The summed E-state index contributed by atoms with van der Waals surface area (Å²) in [7, 11) is 0. The molecule has 3 rings (SSSR count). The van der Waals surface area contributed by atoms with Gasteiger partial charge in [-0.1, -0.05) is 0 Å². The molecule has 4 nitrogen and oxygen atoms in total. The van der Waals surface area contributed by atoms with E-state index in [1.54, 1.807) is 0 Å². The Hall–Kier alpha value is -1.55. The minimum atomic E-state index is 0.415. The molecule has 0 bridgehead atoms. The minimum Gasteiger partial charge on any atom is -0.476 e. The highest BCUT2D eigenvalue weighted by Crippen LogP contribution is 2.27. The van der Waals surface area contributed by atoms with Crippen LogP contribution in [0.4, 0.5) is 0 Å². The molecular weight excluding hydrogens is 250 g/mol. The first-order valence-electron chi connectivity index (χ1n) is 7.55. The van der Waals surface area contributed by atoms with Gasteiger partial charge < -0.3 is 14.6 Å². The second kappa shape index (κ2) is 5.83. The molecule has 3 heterocycles. The maximum Gasteiger partial charge on any atom is 0.238 e. The predicted octanol–water partition coefficient (Wildman–Crippen LogP) is 3.00. The number of nitrogens with one attached hydrogen (secondary N) is 1. The molecule has 1 N–H and O–H groups in total. The van der Waals surface area contributed by atoms with Crippen molar-refractivity contribution in [2.24, 2.45) is 5.92 Å². The maximum atomic E-state index is 6.05. The molecule has 0 radical (unpaired) electrons. The molecule has 0 saturated carbocycles. The first kappa shape index (κ1) is 13.4. The first-order valence-corrected chi connectivity index (χ1v) is 7.55. The van der Waals surface area contributed by atoms with Gasteiger partial charge in [-0.15, -0.1) is 0 Å². The van der Waals surface area contributed by atoms with Crippen molar-refractivity contribution in [1.29, 1.82) is 0 Å². The lowest BCUT2D eigenvalue weighted by Gasteiger charge is -2.22. The average Bonchev–Trinajstić information content (AvgIpc) is 2.91. The molecule has 108 valence electrons. The normalized spacial score (nSPS) is 16.9. The molecule has 0 aromatic carbocycles. The Labute approximate surface area is 120 Å². The Morgan fingerprint density at radius 3 is 2.90 bits per heavy atom. The Morgan fingerprint density at radius 2 is 2.15 bits per heavy atom. The highest BCUT2D eigenvalue weighted by Gasteiger charge is 2.16. The van der Waals surface area contributed by atoms with E-state index >= 15 is 0 Å². The third-order valence-electron chi connectivity index (χ3n) is 4.07. The lowest BCUT2D eigenvalue weighted by Crippen LogP contribution is -2.30. The number of hydrogen-bond acceptors (Lipinski definition) is 3. The Balaban J connectivity index is 1.81. The fraction of sp³-hybridized carbons (Fsp3) is 0.562. The molecule has 0 atom stereocenters. The van der Waals surface area contributed by atoms with Gasteiger partial charge in [0.15, 0.2) is 0 Å². The minimum absolute atomic E-state index is 0.415. The summed E-state index contributed by atoms with van der Waals surface area (Å²) in [6, 6.07) is 4.60. The summed E-state index contributed by atoms with van der Waals surface area (Å²) in [5.74, 6) is 1.43. The fourth-order valence-electron chi connectivity index (χ4n) is 2.86. The smallest absolute Gasteiger partial charge is 0.238 e. The lowest BCUT2D eigenvalue weighted by molar-refractivity contribution is 0.210. The van der Waals surface area contributed by atoms with Gasteiger partial charge in [0, 0.05) is 23.8 Å². The van der Waals surface area contributed by atoms with Crippen LogP contribution in [0.5, 0.6) is 5.88 Å². The zero-order valence-electron chi connectivity index (χ0n) is 12.3. The van der Waals surface area contributed by atoms with Gasteiger partial charge in [0.05, 0.1) is 6.61 Å². The number of ether oxygens (including phenoxy) is 1. The second-order valence-electron chi connectivity index (χ2n) is 5.88. The van der Waals surface area contributed by atoms with Crippen LogP contribution in [0.2, 0.25) is 0 Å². The monoisotopic (exact) mass is 273 g/mol. The zero-order valence-corrected chi connectivity index (χ0v) is 12.3. The molecule has 2 aromatic heterocycles. The van der Waals surface area contributed by atoms with Crippen LogP contribution in [0.15, 0.2) is 24.5 Å². The van der Waals surface area contributed by atoms with Gasteiger partial charge in [-0.2, -0.15) is 0 Å². The number of aromatic nitrogens is 2. The predicted molar refractivity (Wildman–Crippen MR) is 81.2 cm³/mol. The number of fused-ring (bicyclic) bond motifs is 1. The highest BCUT2D eigenvalue weighted by atomic mass is 16.5. The summed E-state index contributed by atoms with van der Waals surface area (Å²) in [5.41, 5.74) is 1.12. The summed E-state index contributed by atoms with van der Waals surface area (Å²) in [5, 5.41) is 4.59. The molecule has 1 aliphatic heterocycles. The summed E-state index contributed by atoms with van der Waals surface area (Å²) >= 11 is 0. The summed E-state index contributed by atoms with van der Waals surface area (Å²) in [6.45, 7) is 7.35. The largest absolute Gasteiger partial charge is 0.476 e. The molecule has 0 unspecified atom stereocenters. The van der Waals surface area contributed by atoms with E-state index < -0.39 is 0 Å². The van der Waals surface area contributed by atoms with Crippen molar-refractivity contribution >= 4 is 10.9 Å². The van der Waals surface area contributed by atoms with Crippen molar-refractivity contribution in [1.82, 2.24) is 14.9 Å². The summed E-state index contributed by atoms with van der Waals surface area (Å²) in [6.07, 6.45) is 6.35. The van der Waals surface area contributed by atoms with E-state index in [1.165, 1.54) is 18.2 Å². The number of nitrogens with zero attached hydrogens (tertiary/aromatic N) is 2. The van der Waals surface area contributed by atoms with Crippen molar-refractivity contribution in [2.45, 2.75) is 32.7 Å². The van der Waals surface area contributed by atoms with Crippen LogP contribution < -0.4 is 10.1 Å². The molecule has 4 heteroatoms. The Bertz CT molecular complexity index is 570. The zero-order chi connectivity index (χ0) is 13.9. The fourth-order valence-corrected chi connectivity index (χ4v) is 2.86. The van der Waals surface area contributed by atoms with E-state index in [-0.39, 0.29) is 0 Å². The molecule has 1 saturated heterocycles. The molecular formula is C16H23N3O. The molecule has 0 aliphatic carbocycles. The van der Waals surface area contributed by atoms with Crippen LogP contribution in [0.1, 0.15) is 32.7 Å². The van der Waals surface area contributed by atoms with Crippen molar-refractivity contribution in [3.63, 3.8) is 0 Å². The van der Waals surface area contributed by atoms with Crippen LogP contribution in [-0.2, 0) is 0 Å². The van der Waals surface area contributed by atoms with Crippen molar-refractivity contribution in [2.75, 3.05) is 19.7 Å². The second-order valence-corrected chi connectivity index (χ2v) is 5.88. The lowest BCUT2D eigenvalue weighted by atomic mass is 9.99. The van der Waals surface area contributed by atoms with E-state index in [4.69, 9.17) is 4.74 Å². The van der Waals surface area contributed by atoms with Crippen molar-refractivity contribution in [3.8, 4) is 5.88 Å². The molecule has 2 aromatic rings. The van der Waals surface area contributed by atoms with Gasteiger partial charge in [-0.3, -0.25) is 0 Å². The van der Waals surface area contributed by atoms with Gasteiger partial charge in [0.2, 0.25) is 5.88 Å². The van der Waals surface area contributed by atoms with Crippen LogP contribution in [0.3, 0.4) is 0 Å². The molecule has 1 aliphatic rings. The number of pyridine rings is 1. The van der Waals surface area contributed by atoms with Gasteiger partial charge in [-0.25, -0.2) is 4.98 Å². The Kier molecular flexibility index (Phi) is 3.92. The summed E-state index contributed by atoms with van der Waals surface area (Å²) in [4.78, 5) is 4.45. The van der Waals surface area contributed by atoms with E-state index in [0.29, 0.717) is 12.0 Å². The van der Waals surface area contributed by atoms with Crippen LogP contribution in [0, 0.1) is 5.92 Å². The van der Waals surface area contributed by atoms with Gasteiger partial charge in [0.25, 0.3) is 0 Å². The number of hydrogen-bond donors (Lipinski definition) is 1. The molecule has 20 heavy (non-hydrogen) atoms. The van der Waals surface area contributed by atoms with Crippen molar-refractivity contribution in [3.05, 3.63) is 24.5 Å². The van der Waals surface area contributed by atoms with E-state index in [1.807, 2.05) is 12.3 Å². The van der Waals surface area contributed by atoms with E-state index in [0.717, 1.165) is 31.1 Å². The average molecular weight is 273 g/mol. The van der Waals surface area contributed by atoms with Crippen LogP contribution in [-0.4, -0.2) is 29.2 Å². The standard InChI is InChI=1S/C16H23N3O/c1-12(2)19-10-6-14-5-9-18-16(15(14)19)20-11-13-3-7-17-8-4-13/h5-6,9-10,12-13,17H,3-4,7-8,11H2,1-2H3. The van der Waals surface area contributed by atoms with E-state index in [9.17, 15) is 0 Å². The van der Waals surface area contributed by atoms with Gasteiger partial charge >= 0.3 is 0 Å². The first-order chi connectivity index (χ1) is 9.75. The maximum absolute atomic E-state index is 6.05. The molecule has 1 fully saturated rings. The molecule has 0 spiro atoms.